The van der Waals surface area contributed by atoms with Crippen LogP contribution in [0.1, 0.15) is 40.9 Å². The van der Waals surface area contributed by atoms with Gasteiger partial charge in [-0.05, 0) is 49.1 Å². The molecule has 2 N–H and O–H groups in total. The van der Waals surface area contributed by atoms with Gasteiger partial charge in [0.15, 0.2) is 0 Å². The summed E-state index contributed by atoms with van der Waals surface area (Å²) in [4.78, 5) is 12.4. The van der Waals surface area contributed by atoms with E-state index in [4.69, 9.17) is 0 Å². The van der Waals surface area contributed by atoms with Gasteiger partial charge < -0.3 is 10.6 Å². The van der Waals surface area contributed by atoms with E-state index in [2.05, 4.69) is 10.6 Å². The first-order valence-electron chi connectivity index (χ1n) is 7.46. The third kappa shape index (κ3) is 3.07. The van der Waals surface area contributed by atoms with Crippen LogP contribution < -0.4 is 10.6 Å². The molecule has 2 aromatic rings. The summed E-state index contributed by atoms with van der Waals surface area (Å²) < 4.78 is 0. The van der Waals surface area contributed by atoms with Crippen LogP contribution >= 0.6 is 0 Å². The molecule has 0 saturated heterocycles. The van der Waals surface area contributed by atoms with Gasteiger partial charge in [-0.3, -0.25) is 4.79 Å². The Bertz CT molecular complexity index is 637. The standard InChI is InChI=1S/C18H20N2O/c1-13(14-6-3-2-4-7-14)20-18(21)16-9-10-17-15(12-16)8-5-11-19-17/h2-4,6-7,9-10,12-13,19H,5,8,11H2,1H3,(H,20,21)/t13-/m0/s1. The fraction of sp³-hybridized carbons (Fsp3) is 0.278. The van der Waals surface area contributed by atoms with E-state index in [1.54, 1.807) is 0 Å². The third-order valence-corrected chi connectivity index (χ3v) is 3.95. The fourth-order valence-corrected chi connectivity index (χ4v) is 2.72. The molecule has 0 bridgehead atoms. The molecule has 0 radical (unpaired) electrons. The van der Waals surface area contributed by atoms with Crippen molar-refractivity contribution in [3.05, 3.63) is 65.2 Å². The monoisotopic (exact) mass is 280 g/mol. The molecule has 3 nitrogen and oxygen atoms in total. The van der Waals surface area contributed by atoms with E-state index in [0.717, 1.165) is 36.2 Å². The van der Waals surface area contributed by atoms with E-state index in [0.29, 0.717) is 0 Å². The first-order chi connectivity index (χ1) is 10.2. The minimum atomic E-state index is -0.0141. The van der Waals surface area contributed by atoms with E-state index in [1.807, 2.05) is 55.5 Å². The van der Waals surface area contributed by atoms with Gasteiger partial charge in [-0.2, -0.15) is 0 Å². The number of amides is 1. The van der Waals surface area contributed by atoms with Crippen molar-refractivity contribution in [2.45, 2.75) is 25.8 Å². The van der Waals surface area contributed by atoms with Crippen LogP contribution in [0, 0.1) is 0 Å². The molecule has 0 aliphatic carbocycles. The number of fused-ring (bicyclic) bond motifs is 1. The van der Waals surface area contributed by atoms with Crippen molar-refractivity contribution >= 4 is 11.6 Å². The highest BCUT2D eigenvalue weighted by Crippen LogP contribution is 2.23. The number of hydrogen-bond donors (Lipinski definition) is 2. The lowest BCUT2D eigenvalue weighted by Gasteiger charge is -2.19. The van der Waals surface area contributed by atoms with Crippen LogP contribution in [-0.2, 0) is 6.42 Å². The average Bonchev–Trinajstić information content (AvgIpc) is 2.55. The molecule has 1 heterocycles. The lowest BCUT2D eigenvalue weighted by Crippen LogP contribution is -2.27. The van der Waals surface area contributed by atoms with Gasteiger partial charge in [0.25, 0.3) is 5.91 Å². The Morgan fingerprint density at radius 1 is 1.19 bits per heavy atom. The molecule has 1 atom stereocenters. The van der Waals surface area contributed by atoms with Gasteiger partial charge in [-0.15, -0.1) is 0 Å². The van der Waals surface area contributed by atoms with Gasteiger partial charge in [-0.1, -0.05) is 30.3 Å². The molecule has 1 amide bonds. The largest absolute Gasteiger partial charge is 0.385 e. The summed E-state index contributed by atoms with van der Waals surface area (Å²) in [5, 5.41) is 6.42. The smallest absolute Gasteiger partial charge is 0.251 e. The first-order valence-corrected chi connectivity index (χ1v) is 7.46. The predicted octanol–water partition coefficient (Wildman–Crippen LogP) is 3.54. The maximum Gasteiger partial charge on any atom is 0.251 e. The van der Waals surface area contributed by atoms with Gasteiger partial charge in [0.2, 0.25) is 0 Å². The van der Waals surface area contributed by atoms with Crippen molar-refractivity contribution in [3.63, 3.8) is 0 Å². The number of aryl methyl sites for hydroxylation is 1. The molecule has 0 fully saturated rings. The zero-order chi connectivity index (χ0) is 14.7. The molecule has 0 aromatic heterocycles. The maximum atomic E-state index is 12.4. The summed E-state index contributed by atoms with van der Waals surface area (Å²) in [6.45, 7) is 3.02. The quantitative estimate of drug-likeness (QED) is 0.903. The molecule has 1 aliphatic rings. The topological polar surface area (TPSA) is 41.1 Å². The minimum Gasteiger partial charge on any atom is -0.385 e. The fourth-order valence-electron chi connectivity index (χ4n) is 2.72. The zero-order valence-electron chi connectivity index (χ0n) is 12.2. The zero-order valence-corrected chi connectivity index (χ0v) is 12.2. The number of carbonyl (C=O) groups excluding carboxylic acids is 1. The highest BCUT2D eigenvalue weighted by molar-refractivity contribution is 5.95. The van der Waals surface area contributed by atoms with Crippen LogP contribution in [0.15, 0.2) is 48.5 Å². The first kappa shape index (κ1) is 13.7. The molecule has 0 unspecified atom stereocenters. The van der Waals surface area contributed by atoms with Crippen molar-refractivity contribution < 1.29 is 4.79 Å². The van der Waals surface area contributed by atoms with Crippen LogP contribution in [0.5, 0.6) is 0 Å². The molecular formula is C18H20N2O. The summed E-state index contributed by atoms with van der Waals surface area (Å²) in [5.41, 5.74) is 4.25. The Labute approximate surface area is 125 Å². The van der Waals surface area contributed by atoms with Crippen molar-refractivity contribution in [1.29, 1.82) is 0 Å². The molecule has 108 valence electrons. The van der Waals surface area contributed by atoms with Gasteiger partial charge >= 0.3 is 0 Å². The van der Waals surface area contributed by atoms with E-state index in [9.17, 15) is 4.79 Å². The van der Waals surface area contributed by atoms with Crippen LogP contribution in [0.25, 0.3) is 0 Å². The number of hydrogen-bond acceptors (Lipinski definition) is 2. The van der Waals surface area contributed by atoms with E-state index >= 15 is 0 Å². The van der Waals surface area contributed by atoms with E-state index < -0.39 is 0 Å². The molecule has 3 heteroatoms. The second-order valence-electron chi connectivity index (χ2n) is 5.51. The van der Waals surface area contributed by atoms with Crippen molar-refractivity contribution in [2.75, 3.05) is 11.9 Å². The number of carbonyl (C=O) groups is 1. The van der Waals surface area contributed by atoms with Crippen molar-refractivity contribution in [2.24, 2.45) is 0 Å². The average molecular weight is 280 g/mol. The molecule has 0 spiro atoms. The van der Waals surface area contributed by atoms with E-state index in [1.165, 1.54) is 5.56 Å². The minimum absolute atomic E-state index is 0.00728. The lowest BCUT2D eigenvalue weighted by molar-refractivity contribution is 0.0940. The summed E-state index contributed by atoms with van der Waals surface area (Å²) in [5.74, 6) is -0.0141. The maximum absolute atomic E-state index is 12.4. The van der Waals surface area contributed by atoms with Crippen LogP contribution in [-0.4, -0.2) is 12.5 Å². The van der Waals surface area contributed by atoms with Crippen LogP contribution in [0.4, 0.5) is 5.69 Å². The number of rotatable bonds is 3. The Morgan fingerprint density at radius 2 is 2.00 bits per heavy atom. The normalized spacial score (nSPS) is 14.7. The number of benzene rings is 2. The van der Waals surface area contributed by atoms with Gasteiger partial charge in [0, 0.05) is 17.8 Å². The van der Waals surface area contributed by atoms with Gasteiger partial charge in [0.1, 0.15) is 0 Å². The Kier molecular flexibility index (Phi) is 3.91. The third-order valence-electron chi connectivity index (χ3n) is 3.95. The molecule has 0 saturated carbocycles. The summed E-state index contributed by atoms with van der Waals surface area (Å²) in [6.07, 6.45) is 2.16. The molecule has 2 aromatic carbocycles. The number of anilines is 1. The summed E-state index contributed by atoms with van der Waals surface area (Å²) in [6, 6.07) is 15.9. The Balaban J connectivity index is 1.73. The van der Waals surface area contributed by atoms with Crippen molar-refractivity contribution in [3.8, 4) is 0 Å². The molecule has 21 heavy (non-hydrogen) atoms. The van der Waals surface area contributed by atoms with Crippen LogP contribution in [0.3, 0.4) is 0 Å². The highest BCUT2D eigenvalue weighted by atomic mass is 16.1. The Morgan fingerprint density at radius 3 is 2.81 bits per heavy atom. The molecular weight excluding hydrogens is 260 g/mol. The Hall–Kier alpha value is -2.29. The second kappa shape index (κ2) is 6.00. The molecule has 1 aliphatic heterocycles. The second-order valence-corrected chi connectivity index (χ2v) is 5.51. The van der Waals surface area contributed by atoms with Crippen molar-refractivity contribution in [1.82, 2.24) is 5.32 Å². The number of nitrogens with one attached hydrogen (secondary N) is 2. The lowest BCUT2D eigenvalue weighted by atomic mass is 10.00. The van der Waals surface area contributed by atoms with Crippen LogP contribution in [0.2, 0.25) is 0 Å². The van der Waals surface area contributed by atoms with Gasteiger partial charge in [0.05, 0.1) is 6.04 Å². The SMILES string of the molecule is C[C@H](NC(=O)c1ccc2c(c1)CCCN2)c1ccccc1. The predicted molar refractivity (Wildman–Crippen MR) is 85.6 cm³/mol. The summed E-state index contributed by atoms with van der Waals surface area (Å²) >= 11 is 0. The molecule has 3 rings (SSSR count). The van der Waals surface area contributed by atoms with E-state index in [-0.39, 0.29) is 11.9 Å². The summed E-state index contributed by atoms with van der Waals surface area (Å²) in [7, 11) is 0. The highest BCUT2D eigenvalue weighted by Gasteiger charge is 2.14. The van der Waals surface area contributed by atoms with Gasteiger partial charge in [-0.25, -0.2) is 0 Å².